The maximum Gasteiger partial charge on any atom is 0.307 e. The summed E-state index contributed by atoms with van der Waals surface area (Å²) in [5.41, 5.74) is 4.13. The quantitative estimate of drug-likeness (QED) is 0.170. The highest BCUT2D eigenvalue weighted by Crippen LogP contribution is 2.51. The Bertz CT molecular complexity index is 1850. The lowest BCUT2D eigenvalue weighted by molar-refractivity contribution is -0.137. The summed E-state index contributed by atoms with van der Waals surface area (Å²) in [5, 5.41) is 22.8. The van der Waals surface area contributed by atoms with Crippen molar-refractivity contribution >= 4 is 79.9 Å². The number of amides is 2. The minimum Gasteiger partial charge on any atom is -0.481 e. The van der Waals surface area contributed by atoms with E-state index in [1.165, 1.54) is 0 Å². The number of halogens is 2. The Kier molecular flexibility index (Phi) is 8.58. The minimum atomic E-state index is -0.945. The van der Waals surface area contributed by atoms with Crippen molar-refractivity contribution in [1.82, 2.24) is 0 Å². The zero-order valence-electron chi connectivity index (χ0n) is 26.4. The number of rotatable bonds is 10. The summed E-state index contributed by atoms with van der Waals surface area (Å²) in [6.07, 6.45) is 2.46. The van der Waals surface area contributed by atoms with Crippen LogP contribution < -0.4 is 9.80 Å². The molecular formula is C38H36Cl2N2O6. The fraction of sp³-hybridized carbons (Fsp3) is 0.368. The first-order valence-corrected chi connectivity index (χ1v) is 17.4. The molecule has 7 rings (SSSR count). The van der Waals surface area contributed by atoms with Gasteiger partial charge in [-0.3, -0.25) is 19.2 Å². The maximum atomic E-state index is 14.2. The topological polar surface area (TPSA) is 115 Å². The largest absolute Gasteiger partial charge is 0.481 e. The van der Waals surface area contributed by atoms with Gasteiger partial charge in [-0.15, -0.1) is 23.2 Å². The van der Waals surface area contributed by atoms with Gasteiger partial charge in [0.05, 0.1) is 12.8 Å². The zero-order valence-corrected chi connectivity index (χ0v) is 27.9. The summed E-state index contributed by atoms with van der Waals surface area (Å²) in [6.45, 7) is 0.803. The van der Waals surface area contributed by atoms with Crippen molar-refractivity contribution in [3.63, 3.8) is 0 Å². The number of fused-ring (bicyclic) bond motifs is 6. The summed E-state index contributed by atoms with van der Waals surface area (Å²) >= 11 is 12.9. The number of carbonyl (C=O) groups excluding carboxylic acids is 2. The molecule has 2 atom stereocenters. The molecule has 2 N–H and O–H groups in total. The van der Waals surface area contributed by atoms with Crippen molar-refractivity contribution in [2.45, 2.75) is 56.8 Å². The molecule has 1 fully saturated rings. The lowest BCUT2D eigenvalue weighted by Gasteiger charge is -2.42. The van der Waals surface area contributed by atoms with Crippen LogP contribution in [0.1, 0.15) is 66.2 Å². The molecule has 1 saturated carbocycles. The van der Waals surface area contributed by atoms with E-state index in [-0.39, 0.29) is 49.3 Å². The Balaban J connectivity index is 1.18. The van der Waals surface area contributed by atoms with Crippen molar-refractivity contribution < 1.29 is 29.4 Å². The number of hydrogen-bond acceptors (Lipinski definition) is 4. The van der Waals surface area contributed by atoms with Crippen LogP contribution in [0, 0.1) is 5.41 Å². The molecule has 0 spiro atoms. The first kappa shape index (κ1) is 32.4. The molecule has 3 aliphatic rings. The number of nitrogens with zero attached hydrogens (tertiary/aromatic N) is 2. The van der Waals surface area contributed by atoms with E-state index in [1.54, 1.807) is 9.80 Å². The molecule has 2 amide bonds. The molecule has 0 aromatic heterocycles. The van der Waals surface area contributed by atoms with Crippen LogP contribution in [0.15, 0.2) is 60.7 Å². The fourth-order valence-electron chi connectivity index (χ4n) is 8.31. The van der Waals surface area contributed by atoms with Gasteiger partial charge < -0.3 is 20.0 Å². The summed E-state index contributed by atoms with van der Waals surface area (Å²) in [5.74, 6) is -1.64. The van der Waals surface area contributed by atoms with Crippen molar-refractivity contribution in [3.8, 4) is 0 Å². The maximum absolute atomic E-state index is 14.2. The van der Waals surface area contributed by atoms with Gasteiger partial charge in [-0.2, -0.15) is 0 Å². The average molecular weight is 688 g/mol. The monoisotopic (exact) mass is 686 g/mol. The molecule has 2 aliphatic heterocycles. The Labute approximate surface area is 288 Å². The van der Waals surface area contributed by atoms with Gasteiger partial charge in [-0.1, -0.05) is 55.0 Å². The van der Waals surface area contributed by atoms with E-state index in [0.717, 1.165) is 51.9 Å². The molecule has 0 unspecified atom stereocenters. The molecule has 0 saturated heterocycles. The Morgan fingerprint density at radius 1 is 0.667 bits per heavy atom. The van der Waals surface area contributed by atoms with Crippen LogP contribution in [0.25, 0.3) is 21.5 Å². The van der Waals surface area contributed by atoms with E-state index < -0.39 is 17.4 Å². The second-order valence-corrected chi connectivity index (χ2v) is 14.2. The molecule has 48 heavy (non-hydrogen) atoms. The van der Waals surface area contributed by atoms with E-state index in [9.17, 15) is 29.4 Å². The van der Waals surface area contributed by atoms with Crippen LogP contribution in [-0.4, -0.2) is 58.8 Å². The molecule has 248 valence electrons. The number of benzene rings is 4. The average Bonchev–Trinajstić information content (AvgIpc) is 3.62. The smallest absolute Gasteiger partial charge is 0.307 e. The number of hydrogen-bond donors (Lipinski definition) is 2. The van der Waals surface area contributed by atoms with Gasteiger partial charge in [0.15, 0.2) is 0 Å². The first-order valence-electron chi connectivity index (χ1n) is 16.4. The van der Waals surface area contributed by atoms with E-state index in [0.29, 0.717) is 47.4 Å². The highest BCUT2D eigenvalue weighted by molar-refractivity contribution is 6.19. The summed E-state index contributed by atoms with van der Waals surface area (Å²) in [4.78, 5) is 55.5. The predicted molar refractivity (Wildman–Crippen MR) is 188 cm³/mol. The molecule has 4 aromatic carbocycles. The molecule has 2 heterocycles. The summed E-state index contributed by atoms with van der Waals surface area (Å²) < 4.78 is 0. The van der Waals surface area contributed by atoms with Crippen LogP contribution in [-0.2, 0) is 32.0 Å². The third kappa shape index (κ3) is 5.59. The number of carboxylic acid groups (broad SMARTS) is 2. The summed E-state index contributed by atoms with van der Waals surface area (Å²) in [7, 11) is 0. The van der Waals surface area contributed by atoms with Crippen molar-refractivity contribution in [2.75, 3.05) is 34.6 Å². The number of carbonyl (C=O) groups is 4. The minimum absolute atomic E-state index is 0.0943. The molecule has 10 heteroatoms. The lowest BCUT2D eigenvalue weighted by atomic mass is 9.64. The van der Waals surface area contributed by atoms with Crippen LogP contribution in [0.4, 0.5) is 11.4 Å². The van der Waals surface area contributed by atoms with Gasteiger partial charge in [0.1, 0.15) is 0 Å². The predicted octanol–water partition coefficient (Wildman–Crippen LogP) is 7.24. The van der Waals surface area contributed by atoms with Gasteiger partial charge in [0.2, 0.25) is 11.8 Å². The molecule has 4 aromatic rings. The van der Waals surface area contributed by atoms with Gasteiger partial charge >= 0.3 is 11.9 Å². The van der Waals surface area contributed by atoms with Crippen molar-refractivity contribution in [1.29, 1.82) is 0 Å². The highest BCUT2D eigenvalue weighted by atomic mass is 35.5. The van der Waals surface area contributed by atoms with Crippen LogP contribution in [0.2, 0.25) is 0 Å². The second-order valence-electron chi connectivity index (χ2n) is 13.6. The SMILES string of the molecule is O=C(O)Cc1cc2c(c3ccccc13)[C@H](CCl)CN2C(=O)CC1(CC(=O)N2C[C@@H](CCl)c3c2cc(CC(=O)O)c2ccccc32)CCC1. The van der Waals surface area contributed by atoms with Gasteiger partial charge in [0.25, 0.3) is 0 Å². The van der Waals surface area contributed by atoms with E-state index >= 15 is 0 Å². The number of alkyl halides is 2. The van der Waals surface area contributed by atoms with Crippen molar-refractivity contribution in [3.05, 3.63) is 82.9 Å². The third-order valence-corrected chi connectivity index (χ3v) is 11.4. The number of aliphatic carboxylic acids is 2. The molecular weight excluding hydrogens is 651 g/mol. The second kappa shape index (κ2) is 12.7. The fourth-order valence-corrected chi connectivity index (χ4v) is 8.81. The first-order chi connectivity index (χ1) is 23.1. The lowest BCUT2D eigenvalue weighted by Crippen LogP contribution is -2.43. The number of anilines is 2. The Morgan fingerprint density at radius 2 is 1.06 bits per heavy atom. The Hall–Kier alpha value is -4.14. The molecule has 1 aliphatic carbocycles. The van der Waals surface area contributed by atoms with Crippen LogP contribution >= 0.6 is 23.2 Å². The van der Waals surface area contributed by atoms with Gasteiger partial charge in [-0.05, 0) is 74.2 Å². The van der Waals surface area contributed by atoms with Crippen LogP contribution in [0.5, 0.6) is 0 Å². The van der Waals surface area contributed by atoms with E-state index in [4.69, 9.17) is 23.2 Å². The number of carboxylic acids is 2. The van der Waals surface area contributed by atoms with Gasteiger partial charge in [0, 0.05) is 60.9 Å². The van der Waals surface area contributed by atoms with Crippen LogP contribution in [0.3, 0.4) is 0 Å². The van der Waals surface area contributed by atoms with Crippen molar-refractivity contribution in [2.24, 2.45) is 5.41 Å². The van der Waals surface area contributed by atoms with E-state index in [2.05, 4.69) is 0 Å². The normalized spacial score (nSPS) is 19.3. The highest BCUT2D eigenvalue weighted by Gasteiger charge is 2.46. The standard InChI is InChI=1S/C38H36Cl2N2O6/c39-18-24-20-41(30-12-22(14-34(45)46)26-6-1-3-8-28(26)36(24)30)32(43)16-38(10-5-11-38)17-33(44)42-21-25(19-40)37-29-9-4-2-7-27(29)23(13-31(37)42)15-35(47)48/h1-4,6-9,12-13,24-25H,5,10-11,14-21H2,(H,45,46)(H,47,48)/t24-,25-/m1/s1. The van der Waals surface area contributed by atoms with E-state index in [1.807, 2.05) is 60.7 Å². The third-order valence-electron chi connectivity index (χ3n) is 10.6. The molecule has 8 nitrogen and oxygen atoms in total. The van der Waals surface area contributed by atoms with Gasteiger partial charge in [-0.25, -0.2) is 0 Å². The Morgan fingerprint density at radius 3 is 1.40 bits per heavy atom. The zero-order chi connectivity index (χ0) is 33.7. The molecule has 0 bridgehead atoms. The summed E-state index contributed by atoms with van der Waals surface area (Å²) in [6, 6.07) is 19.0. The molecule has 0 radical (unpaired) electrons.